The number of nitrogens with one attached hydrogen (secondary N) is 1. The number of carbonyl (C=O) groups excluding carboxylic acids is 1. The number of fused-ring (bicyclic) bond motifs is 1. The molecule has 0 bridgehead atoms. The zero-order valence-corrected chi connectivity index (χ0v) is 16.5. The van der Waals surface area contributed by atoms with E-state index in [0.29, 0.717) is 12.2 Å². The zero-order valence-electron chi connectivity index (χ0n) is 16.5. The van der Waals surface area contributed by atoms with Crippen LogP contribution in [0.3, 0.4) is 0 Å². The van der Waals surface area contributed by atoms with Gasteiger partial charge in [-0.3, -0.25) is 4.79 Å². The van der Waals surface area contributed by atoms with E-state index in [-0.39, 0.29) is 11.3 Å². The molecule has 0 aromatic heterocycles. The maximum absolute atomic E-state index is 12.8. The van der Waals surface area contributed by atoms with Gasteiger partial charge in [0.15, 0.2) is 6.10 Å². The lowest BCUT2D eigenvalue weighted by Gasteiger charge is -2.21. The third kappa shape index (κ3) is 4.48. The van der Waals surface area contributed by atoms with Crippen molar-refractivity contribution in [1.82, 2.24) is 0 Å². The minimum Gasteiger partial charge on any atom is -0.481 e. The van der Waals surface area contributed by atoms with Crippen LogP contribution in [0, 0.1) is 0 Å². The number of ether oxygens (including phenoxy) is 1. The molecule has 0 heterocycles. The fourth-order valence-corrected chi connectivity index (χ4v) is 3.07. The largest absolute Gasteiger partial charge is 0.481 e. The number of amides is 1. The Morgan fingerprint density at radius 1 is 0.963 bits per heavy atom. The minimum atomic E-state index is -0.538. The second-order valence-electron chi connectivity index (χ2n) is 7.81. The molecule has 0 fully saturated rings. The van der Waals surface area contributed by atoms with E-state index < -0.39 is 6.10 Å². The van der Waals surface area contributed by atoms with Crippen molar-refractivity contribution in [3.8, 4) is 5.75 Å². The summed E-state index contributed by atoms with van der Waals surface area (Å²) in [5.74, 6) is 0.580. The molecule has 0 radical (unpaired) electrons. The Kier molecular flexibility index (Phi) is 5.50. The van der Waals surface area contributed by atoms with Gasteiger partial charge in [-0.05, 0) is 41.0 Å². The van der Waals surface area contributed by atoms with E-state index in [0.717, 1.165) is 16.5 Å². The molecular weight excluding hydrogens is 334 g/mol. The molecule has 27 heavy (non-hydrogen) atoms. The average molecular weight is 361 g/mol. The lowest BCUT2D eigenvalue weighted by molar-refractivity contribution is -0.122. The van der Waals surface area contributed by atoms with Crippen LogP contribution in [-0.4, -0.2) is 12.0 Å². The van der Waals surface area contributed by atoms with E-state index in [2.05, 4.69) is 38.2 Å². The minimum absolute atomic E-state index is 0.0917. The van der Waals surface area contributed by atoms with Gasteiger partial charge in [0.25, 0.3) is 5.91 Å². The Bertz CT molecular complexity index is 918. The third-order valence-electron chi connectivity index (χ3n) is 4.71. The standard InChI is InChI=1S/C24H27NO2/c1-5-22(27-19-15-13-18(14-16-19)24(2,3)4)23(26)25-21-12-8-10-17-9-6-7-11-20(17)21/h6-16,22H,5H2,1-4H3,(H,25,26)/t22-/m0/s1. The van der Waals surface area contributed by atoms with Crippen LogP contribution in [0.1, 0.15) is 39.7 Å². The van der Waals surface area contributed by atoms with Crippen molar-refractivity contribution in [3.63, 3.8) is 0 Å². The van der Waals surface area contributed by atoms with Crippen molar-refractivity contribution < 1.29 is 9.53 Å². The molecule has 3 nitrogen and oxygen atoms in total. The Morgan fingerprint density at radius 2 is 1.63 bits per heavy atom. The van der Waals surface area contributed by atoms with Gasteiger partial charge in [-0.25, -0.2) is 0 Å². The second kappa shape index (κ2) is 7.83. The van der Waals surface area contributed by atoms with Crippen LogP contribution in [0.5, 0.6) is 5.75 Å². The molecule has 1 atom stereocenters. The summed E-state index contributed by atoms with van der Waals surface area (Å²) in [6.07, 6.45) is 0.0573. The lowest BCUT2D eigenvalue weighted by atomic mass is 9.87. The van der Waals surface area contributed by atoms with Crippen molar-refractivity contribution in [2.24, 2.45) is 0 Å². The van der Waals surface area contributed by atoms with E-state index in [1.165, 1.54) is 5.56 Å². The SMILES string of the molecule is CC[C@H](Oc1ccc(C(C)(C)C)cc1)C(=O)Nc1cccc2ccccc12. The molecular formula is C24H27NO2. The highest BCUT2D eigenvalue weighted by Gasteiger charge is 2.20. The number of carbonyl (C=O) groups is 1. The summed E-state index contributed by atoms with van der Waals surface area (Å²) in [6, 6.07) is 21.9. The van der Waals surface area contributed by atoms with Crippen LogP contribution in [0.15, 0.2) is 66.7 Å². The molecule has 0 aliphatic carbocycles. The van der Waals surface area contributed by atoms with E-state index in [1.54, 1.807) is 0 Å². The van der Waals surface area contributed by atoms with Crippen molar-refractivity contribution in [2.45, 2.75) is 45.6 Å². The molecule has 0 saturated heterocycles. The molecule has 0 aliphatic heterocycles. The maximum Gasteiger partial charge on any atom is 0.265 e. The molecule has 3 aromatic carbocycles. The van der Waals surface area contributed by atoms with Crippen molar-refractivity contribution in [3.05, 3.63) is 72.3 Å². The Labute approximate surface area is 161 Å². The summed E-state index contributed by atoms with van der Waals surface area (Å²) < 4.78 is 5.97. The van der Waals surface area contributed by atoms with Crippen LogP contribution in [0.25, 0.3) is 10.8 Å². The third-order valence-corrected chi connectivity index (χ3v) is 4.71. The molecule has 3 aromatic rings. The van der Waals surface area contributed by atoms with Gasteiger partial charge in [0, 0.05) is 11.1 Å². The van der Waals surface area contributed by atoms with Crippen molar-refractivity contribution in [1.29, 1.82) is 0 Å². The van der Waals surface area contributed by atoms with Crippen molar-refractivity contribution >= 4 is 22.4 Å². The summed E-state index contributed by atoms with van der Waals surface area (Å²) in [6.45, 7) is 8.48. The second-order valence-corrected chi connectivity index (χ2v) is 7.81. The molecule has 0 unspecified atom stereocenters. The van der Waals surface area contributed by atoms with Gasteiger partial charge in [-0.1, -0.05) is 76.2 Å². The van der Waals surface area contributed by atoms with Crippen LogP contribution >= 0.6 is 0 Å². The highest BCUT2D eigenvalue weighted by atomic mass is 16.5. The van der Waals surface area contributed by atoms with E-state index in [9.17, 15) is 4.79 Å². The van der Waals surface area contributed by atoms with Gasteiger partial charge < -0.3 is 10.1 Å². The van der Waals surface area contributed by atoms with Gasteiger partial charge in [0.05, 0.1) is 0 Å². The first-order valence-corrected chi connectivity index (χ1v) is 9.44. The van der Waals surface area contributed by atoms with Gasteiger partial charge in [-0.2, -0.15) is 0 Å². The Hall–Kier alpha value is -2.81. The number of anilines is 1. The number of hydrogen-bond donors (Lipinski definition) is 1. The van der Waals surface area contributed by atoms with Gasteiger partial charge in [0.2, 0.25) is 0 Å². The Morgan fingerprint density at radius 3 is 2.30 bits per heavy atom. The molecule has 3 heteroatoms. The lowest BCUT2D eigenvalue weighted by Crippen LogP contribution is -2.32. The molecule has 0 spiro atoms. The average Bonchev–Trinajstić information content (AvgIpc) is 2.66. The van der Waals surface area contributed by atoms with Crippen LogP contribution in [0.4, 0.5) is 5.69 Å². The molecule has 1 amide bonds. The quantitative estimate of drug-likeness (QED) is 0.611. The topological polar surface area (TPSA) is 38.3 Å². The highest BCUT2D eigenvalue weighted by molar-refractivity contribution is 6.03. The maximum atomic E-state index is 12.8. The predicted octanol–water partition coefficient (Wildman–Crippen LogP) is 5.93. The van der Waals surface area contributed by atoms with Crippen LogP contribution in [-0.2, 0) is 10.2 Å². The van der Waals surface area contributed by atoms with Gasteiger partial charge in [-0.15, -0.1) is 0 Å². The fraction of sp³-hybridized carbons (Fsp3) is 0.292. The smallest absolute Gasteiger partial charge is 0.265 e. The van der Waals surface area contributed by atoms with Gasteiger partial charge >= 0.3 is 0 Å². The van der Waals surface area contributed by atoms with Crippen LogP contribution < -0.4 is 10.1 Å². The number of rotatable bonds is 5. The summed E-state index contributed by atoms with van der Waals surface area (Å²) >= 11 is 0. The fourth-order valence-electron chi connectivity index (χ4n) is 3.07. The first kappa shape index (κ1) is 19.0. The normalized spacial score (nSPS) is 12.6. The monoisotopic (exact) mass is 361 g/mol. The van der Waals surface area contributed by atoms with Gasteiger partial charge in [0.1, 0.15) is 5.75 Å². The summed E-state index contributed by atoms with van der Waals surface area (Å²) in [5.41, 5.74) is 2.14. The molecule has 3 rings (SSSR count). The number of hydrogen-bond acceptors (Lipinski definition) is 2. The molecule has 0 aliphatic rings. The first-order valence-electron chi connectivity index (χ1n) is 9.44. The molecule has 0 saturated carbocycles. The highest BCUT2D eigenvalue weighted by Crippen LogP contribution is 2.26. The number of benzene rings is 3. The van der Waals surface area contributed by atoms with E-state index >= 15 is 0 Å². The summed E-state index contributed by atoms with van der Waals surface area (Å²) in [5, 5.41) is 5.15. The van der Waals surface area contributed by atoms with E-state index in [4.69, 9.17) is 4.74 Å². The Balaban J connectivity index is 1.74. The first-order chi connectivity index (χ1) is 12.9. The summed E-state index contributed by atoms with van der Waals surface area (Å²) in [4.78, 5) is 12.8. The molecule has 1 N–H and O–H groups in total. The van der Waals surface area contributed by atoms with Crippen molar-refractivity contribution in [2.75, 3.05) is 5.32 Å². The molecule has 140 valence electrons. The summed E-state index contributed by atoms with van der Waals surface area (Å²) in [7, 11) is 0. The zero-order chi connectivity index (χ0) is 19.4. The predicted molar refractivity (Wildman–Crippen MR) is 112 cm³/mol. The van der Waals surface area contributed by atoms with Crippen LogP contribution in [0.2, 0.25) is 0 Å². The van der Waals surface area contributed by atoms with E-state index in [1.807, 2.05) is 61.5 Å².